The molecule has 0 aromatic heterocycles. The van der Waals surface area contributed by atoms with E-state index in [1.54, 1.807) is 0 Å². The average Bonchev–Trinajstić information content (AvgIpc) is 1.31. The minimum absolute atomic E-state index is 0. The maximum absolute atomic E-state index is 9.77. The van der Waals surface area contributed by atoms with E-state index in [9.17, 15) is 4.79 Å². The van der Waals surface area contributed by atoms with E-state index in [1.165, 1.54) is 13.8 Å². The Hall–Kier alpha value is 0.519. The van der Waals surface area contributed by atoms with Crippen molar-refractivity contribution in [2.45, 2.75) is 19.4 Å². The summed E-state index contributed by atoms with van der Waals surface area (Å²) in [7, 11) is 0. The quantitative estimate of drug-likeness (QED) is 0.617. The molecule has 0 aliphatic heterocycles. The summed E-state index contributed by atoms with van der Waals surface area (Å²) in [6.07, 6.45) is 0. The molecule has 0 heterocycles. The summed E-state index contributed by atoms with van der Waals surface area (Å²) in [5, 5.41) is 16.5. The van der Waals surface area contributed by atoms with Crippen LogP contribution in [0.4, 0.5) is 0 Å². The fraction of sp³-hybridized carbons (Fsp3) is 0.750. The molecule has 9 heavy (non-hydrogen) atoms. The standard InChI is InChI=1S/C4H8O3.ClH.Sn.2H/c1-4(2,7)3(5)6;;;;/h7H,1-2H3,(H,5,6);1H;;;. The van der Waals surface area contributed by atoms with Crippen LogP contribution in [0.3, 0.4) is 0 Å². The third-order valence-electron chi connectivity index (χ3n) is 0.523. The van der Waals surface area contributed by atoms with Crippen LogP contribution < -0.4 is 0 Å². The summed E-state index contributed by atoms with van der Waals surface area (Å²) >= 11 is 0. The van der Waals surface area contributed by atoms with Crippen molar-refractivity contribution < 1.29 is 15.0 Å². The molecule has 0 fully saturated rings. The fourth-order valence-corrected chi connectivity index (χ4v) is 0. The number of aliphatic carboxylic acids is 1. The molecule has 0 saturated carbocycles. The first-order valence-corrected chi connectivity index (χ1v) is 1.90. The molecule has 0 aliphatic carbocycles. The molecule has 0 aromatic rings. The molecule has 0 amide bonds. The zero-order valence-electron chi connectivity index (χ0n) is 5.42. The van der Waals surface area contributed by atoms with Crippen LogP contribution >= 0.6 is 12.4 Å². The molecule has 2 radical (unpaired) electrons. The number of halogens is 1. The number of carbonyl (C=O) groups is 1. The van der Waals surface area contributed by atoms with E-state index in [-0.39, 0.29) is 36.3 Å². The van der Waals surface area contributed by atoms with Gasteiger partial charge in [-0.25, -0.2) is 4.79 Å². The van der Waals surface area contributed by atoms with E-state index in [0.717, 1.165) is 0 Å². The zero-order chi connectivity index (χ0) is 6.08. The Morgan fingerprint density at radius 3 is 1.56 bits per heavy atom. The Kier molecular flexibility index (Phi) is 9.60. The third-order valence-corrected chi connectivity index (χ3v) is 0.523. The number of carboxylic acid groups (broad SMARTS) is 1. The van der Waals surface area contributed by atoms with Crippen LogP contribution in [-0.4, -0.2) is 45.7 Å². The Labute approximate surface area is 76.8 Å². The van der Waals surface area contributed by atoms with Crippen LogP contribution in [0.15, 0.2) is 0 Å². The second-order valence-corrected chi connectivity index (χ2v) is 1.86. The van der Waals surface area contributed by atoms with E-state index in [0.29, 0.717) is 0 Å². The van der Waals surface area contributed by atoms with Crippen molar-refractivity contribution in [2.24, 2.45) is 0 Å². The monoisotopic (exact) mass is 262 g/mol. The molecule has 0 unspecified atom stereocenters. The van der Waals surface area contributed by atoms with Gasteiger partial charge in [0.15, 0.2) is 5.60 Å². The number of aliphatic hydroxyl groups is 1. The van der Waals surface area contributed by atoms with Crippen molar-refractivity contribution >= 4 is 42.3 Å². The topological polar surface area (TPSA) is 57.5 Å². The van der Waals surface area contributed by atoms with Gasteiger partial charge in [-0.1, -0.05) is 0 Å². The van der Waals surface area contributed by atoms with Gasteiger partial charge in [0.25, 0.3) is 0 Å². The van der Waals surface area contributed by atoms with E-state index in [2.05, 4.69) is 0 Å². The van der Waals surface area contributed by atoms with E-state index >= 15 is 0 Å². The Balaban J connectivity index is -0.000000180. The summed E-state index contributed by atoms with van der Waals surface area (Å²) in [4.78, 5) is 9.77. The second-order valence-electron chi connectivity index (χ2n) is 1.86. The summed E-state index contributed by atoms with van der Waals surface area (Å²) in [6, 6.07) is 0. The molecule has 0 bridgehead atoms. The fourth-order valence-electron chi connectivity index (χ4n) is 0. The molecule has 5 heteroatoms. The normalized spacial score (nSPS) is 8.78. The molecule has 2 N–H and O–H groups in total. The Morgan fingerprint density at radius 1 is 1.44 bits per heavy atom. The van der Waals surface area contributed by atoms with Gasteiger partial charge in [0, 0.05) is 0 Å². The number of rotatable bonds is 1. The molecule has 0 spiro atoms. The molecular formula is C4H11ClO3Sn. The number of hydrogen-bond acceptors (Lipinski definition) is 2. The molecule has 0 atom stereocenters. The summed E-state index contributed by atoms with van der Waals surface area (Å²) in [5.41, 5.74) is -1.58. The van der Waals surface area contributed by atoms with Crippen molar-refractivity contribution in [3.63, 3.8) is 0 Å². The minimum atomic E-state index is -1.58. The van der Waals surface area contributed by atoms with Gasteiger partial charge in [0.1, 0.15) is 0 Å². The summed E-state index contributed by atoms with van der Waals surface area (Å²) < 4.78 is 0. The summed E-state index contributed by atoms with van der Waals surface area (Å²) in [5.74, 6) is -1.20. The van der Waals surface area contributed by atoms with Crippen LogP contribution in [0.25, 0.3) is 0 Å². The Morgan fingerprint density at radius 2 is 1.56 bits per heavy atom. The van der Waals surface area contributed by atoms with Gasteiger partial charge in [-0.3, -0.25) is 0 Å². The van der Waals surface area contributed by atoms with E-state index in [1.807, 2.05) is 0 Å². The summed E-state index contributed by atoms with van der Waals surface area (Å²) in [6.45, 7) is 2.44. The van der Waals surface area contributed by atoms with Crippen LogP contribution in [0.5, 0.6) is 0 Å². The van der Waals surface area contributed by atoms with Gasteiger partial charge < -0.3 is 10.2 Å². The SMILES string of the molecule is CC(C)(O)C(=O)O.Cl.[SnH2]. The molecule has 3 nitrogen and oxygen atoms in total. The molecule has 56 valence electrons. The van der Waals surface area contributed by atoms with E-state index in [4.69, 9.17) is 10.2 Å². The van der Waals surface area contributed by atoms with Crippen molar-refractivity contribution in [3.8, 4) is 0 Å². The second kappa shape index (κ2) is 5.32. The van der Waals surface area contributed by atoms with Crippen LogP contribution in [0, 0.1) is 0 Å². The molecule has 0 aliphatic rings. The first kappa shape index (κ1) is 16.3. The average molecular weight is 261 g/mol. The molecule has 0 saturated heterocycles. The number of hydrogen-bond donors (Lipinski definition) is 2. The van der Waals surface area contributed by atoms with Crippen LogP contribution in [-0.2, 0) is 4.79 Å². The predicted octanol–water partition coefficient (Wildman–Crippen LogP) is -0.653. The van der Waals surface area contributed by atoms with Gasteiger partial charge in [-0.05, 0) is 13.8 Å². The van der Waals surface area contributed by atoms with Gasteiger partial charge in [0.05, 0.1) is 0 Å². The van der Waals surface area contributed by atoms with Crippen molar-refractivity contribution in [1.29, 1.82) is 0 Å². The molecule has 0 rings (SSSR count). The van der Waals surface area contributed by atoms with Gasteiger partial charge in [-0.2, -0.15) is 0 Å². The predicted molar refractivity (Wildman–Crippen MR) is 39.7 cm³/mol. The first-order chi connectivity index (χ1) is 2.94. The van der Waals surface area contributed by atoms with Crippen molar-refractivity contribution in [3.05, 3.63) is 0 Å². The van der Waals surface area contributed by atoms with Crippen molar-refractivity contribution in [2.75, 3.05) is 0 Å². The first-order valence-electron chi connectivity index (χ1n) is 1.90. The van der Waals surface area contributed by atoms with Crippen molar-refractivity contribution in [1.82, 2.24) is 0 Å². The zero-order valence-corrected chi connectivity index (χ0v) is 10.3. The maximum atomic E-state index is 9.77. The van der Waals surface area contributed by atoms with E-state index < -0.39 is 11.6 Å². The van der Waals surface area contributed by atoms with Gasteiger partial charge in [-0.15, -0.1) is 12.4 Å². The van der Waals surface area contributed by atoms with Gasteiger partial charge >= 0.3 is 29.9 Å². The Bertz CT molecular complexity index is 88.3. The molecule has 0 aromatic carbocycles. The third kappa shape index (κ3) is 8.52. The van der Waals surface area contributed by atoms with Gasteiger partial charge in [0.2, 0.25) is 0 Å². The van der Waals surface area contributed by atoms with Crippen LogP contribution in [0.2, 0.25) is 0 Å². The van der Waals surface area contributed by atoms with Crippen LogP contribution in [0.1, 0.15) is 13.8 Å². The number of carboxylic acids is 1. The molecular weight excluding hydrogens is 250 g/mol.